The third-order valence-corrected chi connectivity index (χ3v) is 4.30. The van der Waals surface area contributed by atoms with Crippen molar-refractivity contribution < 1.29 is 18.7 Å². The second-order valence-corrected chi connectivity index (χ2v) is 6.21. The number of halogens is 1. The Morgan fingerprint density at radius 2 is 1.86 bits per heavy atom. The molecule has 1 saturated carbocycles. The van der Waals surface area contributed by atoms with Gasteiger partial charge in [0.2, 0.25) is 0 Å². The number of hydrogen-bond donors (Lipinski definition) is 0. The van der Waals surface area contributed by atoms with Crippen molar-refractivity contribution in [2.45, 2.75) is 33.2 Å². The van der Waals surface area contributed by atoms with Crippen molar-refractivity contribution in [2.75, 3.05) is 20.8 Å². The lowest BCUT2D eigenvalue weighted by Crippen LogP contribution is -2.39. The summed E-state index contributed by atoms with van der Waals surface area (Å²) in [6.07, 6.45) is 1.13. The van der Waals surface area contributed by atoms with E-state index >= 15 is 0 Å². The predicted molar refractivity (Wildman–Crippen MR) is 82.9 cm³/mol. The number of carbonyl (C=O) groups excluding carboxylic acids is 1. The first-order valence-corrected chi connectivity index (χ1v) is 7.61. The highest BCUT2D eigenvalue weighted by atomic mass is 19.1. The van der Waals surface area contributed by atoms with Crippen molar-refractivity contribution >= 4 is 5.91 Å². The maximum absolute atomic E-state index is 14.3. The molecule has 0 bridgehead atoms. The molecule has 0 aromatic heterocycles. The molecule has 2 atom stereocenters. The maximum Gasteiger partial charge on any atom is 0.257 e. The van der Waals surface area contributed by atoms with Crippen LogP contribution in [0.1, 0.15) is 37.6 Å². The Morgan fingerprint density at radius 1 is 1.32 bits per heavy atom. The highest BCUT2D eigenvalue weighted by Crippen LogP contribution is 2.39. The Hall–Kier alpha value is -1.78. The van der Waals surface area contributed by atoms with Crippen molar-refractivity contribution in [1.29, 1.82) is 0 Å². The Bertz CT molecular complexity index is 559. The van der Waals surface area contributed by atoms with Gasteiger partial charge >= 0.3 is 0 Å². The van der Waals surface area contributed by atoms with E-state index in [9.17, 15) is 9.18 Å². The van der Waals surface area contributed by atoms with Crippen LogP contribution in [0.25, 0.3) is 0 Å². The third kappa shape index (κ3) is 3.34. The van der Waals surface area contributed by atoms with Gasteiger partial charge in [0.05, 0.1) is 19.8 Å². The van der Waals surface area contributed by atoms with E-state index in [0.29, 0.717) is 24.1 Å². The normalized spacial score (nSPS) is 20.0. The minimum atomic E-state index is -0.586. The van der Waals surface area contributed by atoms with Crippen LogP contribution < -0.4 is 9.47 Å². The Morgan fingerprint density at radius 3 is 2.32 bits per heavy atom. The molecular formula is C17H24FNO3. The smallest absolute Gasteiger partial charge is 0.257 e. The zero-order chi connectivity index (χ0) is 16.4. The van der Waals surface area contributed by atoms with E-state index in [2.05, 4.69) is 6.92 Å². The SMILES string of the molecule is COc1cc(F)c(C(=O)N(C[C@@H]2C[C@@H]2C)C(C)C)cc1OC. The number of benzene rings is 1. The van der Waals surface area contributed by atoms with Gasteiger partial charge in [0, 0.05) is 18.7 Å². The lowest BCUT2D eigenvalue weighted by Gasteiger charge is -2.27. The number of rotatable bonds is 6. The van der Waals surface area contributed by atoms with E-state index in [1.807, 2.05) is 13.8 Å². The van der Waals surface area contributed by atoms with Crippen molar-refractivity contribution in [3.8, 4) is 11.5 Å². The first-order chi connectivity index (χ1) is 10.4. The molecule has 4 nitrogen and oxygen atoms in total. The summed E-state index contributed by atoms with van der Waals surface area (Å²) in [7, 11) is 2.91. The lowest BCUT2D eigenvalue weighted by molar-refractivity contribution is 0.0688. The fourth-order valence-corrected chi connectivity index (χ4v) is 2.61. The van der Waals surface area contributed by atoms with Crippen LogP contribution in [0.4, 0.5) is 4.39 Å². The van der Waals surface area contributed by atoms with Crippen LogP contribution in [0.2, 0.25) is 0 Å². The summed E-state index contributed by atoms with van der Waals surface area (Å²) in [6, 6.07) is 2.64. The summed E-state index contributed by atoms with van der Waals surface area (Å²) in [5.41, 5.74) is 0.0275. The van der Waals surface area contributed by atoms with Gasteiger partial charge in [0.25, 0.3) is 5.91 Å². The molecular weight excluding hydrogens is 285 g/mol. The van der Waals surface area contributed by atoms with E-state index in [1.54, 1.807) is 4.90 Å². The van der Waals surface area contributed by atoms with Gasteiger partial charge in [0.15, 0.2) is 11.5 Å². The molecule has 0 heterocycles. The summed E-state index contributed by atoms with van der Waals surface area (Å²) < 4.78 is 24.5. The van der Waals surface area contributed by atoms with Gasteiger partial charge < -0.3 is 14.4 Å². The van der Waals surface area contributed by atoms with Crippen molar-refractivity contribution in [1.82, 2.24) is 4.90 Å². The quantitative estimate of drug-likeness (QED) is 0.809. The number of amides is 1. The minimum absolute atomic E-state index is 0.0211. The van der Waals surface area contributed by atoms with Gasteiger partial charge in [-0.1, -0.05) is 6.92 Å². The monoisotopic (exact) mass is 309 g/mol. The minimum Gasteiger partial charge on any atom is -0.493 e. The average molecular weight is 309 g/mol. The van der Waals surface area contributed by atoms with Crippen LogP contribution in [0.5, 0.6) is 11.5 Å². The van der Waals surface area contributed by atoms with E-state index in [-0.39, 0.29) is 23.3 Å². The molecule has 1 amide bonds. The highest BCUT2D eigenvalue weighted by Gasteiger charge is 2.36. The van der Waals surface area contributed by atoms with Crippen LogP contribution in [-0.2, 0) is 0 Å². The summed E-state index contributed by atoms with van der Waals surface area (Å²) in [4.78, 5) is 14.5. The van der Waals surface area contributed by atoms with Crippen molar-refractivity contribution in [2.24, 2.45) is 11.8 Å². The fourth-order valence-electron chi connectivity index (χ4n) is 2.61. The van der Waals surface area contributed by atoms with Crippen LogP contribution >= 0.6 is 0 Å². The number of carbonyl (C=O) groups is 1. The zero-order valence-corrected chi connectivity index (χ0v) is 13.9. The van der Waals surface area contributed by atoms with Crippen molar-refractivity contribution in [3.63, 3.8) is 0 Å². The van der Waals surface area contributed by atoms with Crippen LogP contribution in [0.3, 0.4) is 0 Å². The molecule has 122 valence electrons. The summed E-state index contributed by atoms with van der Waals surface area (Å²) >= 11 is 0. The van der Waals surface area contributed by atoms with E-state index < -0.39 is 5.82 Å². The van der Waals surface area contributed by atoms with Crippen LogP contribution in [0.15, 0.2) is 12.1 Å². The van der Waals surface area contributed by atoms with Gasteiger partial charge in [-0.3, -0.25) is 4.79 Å². The standard InChI is InChI=1S/C17H24FNO3/c1-10(2)19(9-12-6-11(12)3)17(20)13-7-15(21-4)16(22-5)8-14(13)18/h7-8,10-12H,6,9H2,1-5H3/t11-,12-/m0/s1. The van der Waals surface area contributed by atoms with Gasteiger partial charge in [-0.15, -0.1) is 0 Å². The molecule has 1 aromatic rings. The van der Waals surface area contributed by atoms with Gasteiger partial charge in [-0.25, -0.2) is 4.39 Å². The Labute approximate surface area is 131 Å². The number of nitrogens with zero attached hydrogens (tertiary/aromatic N) is 1. The molecule has 22 heavy (non-hydrogen) atoms. The van der Waals surface area contributed by atoms with Crippen LogP contribution in [-0.4, -0.2) is 37.6 Å². The molecule has 1 aromatic carbocycles. The third-order valence-electron chi connectivity index (χ3n) is 4.30. The molecule has 0 spiro atoms. The second-order valence-electron chi connectivity index (χ2n) is 6.21. The predicted octanol–water partition coefficient (Wildman–Crippen LogP) is 3.35. The van der Waals surface area contributed by atoms with E-state index in [0.717, 1.165) is 6.42 Å². The van der Waals surface area contributed by atoms with Gasteiger partial charge in [-0.2, -0.15) is 0 Å². The Kier molecular flexibility index (Phi) is 4.94. The molecule has 0 aliphatic heterocycles. The molecule has 1 aliphatic carbocycles. The maximum atomic E-state index is 14.3. The molecule has 0 saturated heterocycles. The second kappa shape index (κ2) is 6.55. The summed E-state index contributed by atoms with van der Waals surface area (Å²) in [5, 5.41) is 0. The van der Waals surface area contributed by atoms with Crippen LogP contribution in [0, 0.1) is 17.7 Å². The average Bonchev–Trinajstić information content (AvgIpc) is 3.18. The Balaban J connectivity index is 2.29. The highest BCUT2D eigenvalue weighted by molar-refractivity contribution is 5.95. The largest absolute Gasteiger partial charge is 0.493 e. The number of hydrogen-bond acceptors (Lipinski definition) is 3. The number of methoxy groups -OCH3 is 2. The topological polar surface area (TPSA) is 38.8 Å². The molecule has 0 radical (unpaired) electrons. The first kappa shape index (κ1) is 16.6. The first-order valence-electron chi connectivity index (χ1n) is 7.61. The molecule has 2 rings (SSSR count). The number of ether oxygens (including phenoxy) is 2. The summed E-state index contributed by atoms with van der Waals surface area (Å²) in [5.74, 6) is 0.919. The molecule has 0 N–H and O–H groups in total. The molecule has 1 fully saturated rings. The molecule has 1 aliphatic rings. The summed E-state index contributed by atoms with van der Waals surface area (Å²) in [6.45, 7) is 6.74. The molecule has 5 heteroatoms. The van der Waals surface area contributed by atoms with Gasteiger partial charge in [-0.05, 0) is 38.2 Å². The van der Waals surface area contributed by atoms with E-state index in [4.69, 9.17) is 9.47 Å². The van der Waals surface area contributed by atoms with E-state index in [1.165, 1.54) is 26.4 Å². The van der Waals surface area contributed by atoms with Crippen molar-refractivity contribution in [3.05, 3.63) is 23.5 Å². The van der Waals surface area contributed by atoms with Gasteiger partial charge in [0.1, 0.15) is 5.82 Å². The fraction of sp³-hybridized carbons (Fsp3) is 0.588. The lowest BCUT2D eigenvalue weighted by atomic mass is 10.1. The molecule has 0 unspecified atom stereocenters. The zero-order valence-electron chi connectivity index (χ0n) is 13.9.